The summed E-state index contributed by atoms with van der Waals surface area (Å²) in [6.07, 6.45) is 5.71. The molecular formula is C59H36N4. The zero-order valence-corrected chi connectivity index (χ0v) is 34.1. The molecule has 0 spiro atoms. The van der Waals surface area contributed by atoms with Gasteiger partial charge in [0.15, 0.2) is 0 Å². The number of para-hydroxylation sites is 1. The summed E-state index contributed by atoms with van der Waals surface area (Å²) < 4.78 is 0. The van der Waals surface area contributed by atoms with Crippen molar-refractivity contribution in [3.05, 3.63) is 241 Å². The van der Waals surface area contributed by atoms with Crippen molar-refractivity contribution < 1.29 is 0 Å². The van der Waals surface area contributed by atoms with Crippen LogP contribution in [0.3, 0.4) is 0 Å². The van der Waals surface area contributed by atoms with Crippen LogP contribution >= 0.6 is 0 Å². The average molecular weight is 801 g/mol. The molecule has 0 atom stereocenters. The maximum atomic E-state index is 5.46. The first kappa shape index (κ1) is 35.4. The summed E-state index contributed by atoms with van der Waals surface area (Å²) in [7, 11) is 0. The molecule has 8 aromatic carbocycles. The van der Waals surface area contributed by atoms with Crippen molar-refractivity contribution in [1.82, 2.24) is 19.9 Å². The lowest BCUT2D eigenvalue weighted by Gasteiger charge is -2.34. The molecule has 4 heterocycles. The minimum Gasteiger partial charge on any atom is -0.256 e. The van der Waals surface area contributed by atoms with Crippen LogP contribution < -0.4 is 0 Å². The van der Waals surface area contributed by atoms with E-state index in [4.69, 9.17) is 15.0 Å². The van der Waals surface area contributed by atoms with Gasteiger partial charge in [-0.1, -0.05) is 146 Å². The molecule has 0 saturated carbocycles. The Hall–Kier alpha value is -8.34. The second-order valence-electron chi connectivity index (χ2n) is 16.6. The summed E-state index contributed by atoms with van der Waals surface area (Å²) in [6.45, 7) is 0. The number of fused-ring (bicyclic) bond motifs is 10. The summed E-state index contributed by atoms with van der Waals surface area (Å²) in [4.78, 5) is 19.9. The van der Waals surface area contributed by atoms with Gasteiger partial charge in [-0.3, -0.25) is 15.0 Å². The smallest absolute Gasteiger partial charge is 0.0970 e. The Morgan fingerprint density at radius 1 is 0.333 bits per heavy atom. The lowest BCUT2D eigenvalue weighted by Crippen LogP contribution is -2.28. The van der Waals surface area contributed by atoms with Crippen LogP contribution in [-0.2, 0) is 5.41 Å². The summed E-state index contributed by atoms with van der Waals surface area (Å²) in [6, 6.07) is 72.4. The monoisotopic (exact) mass is 800 g/mol. The van der Waals surface area contributed by atoms with E-state index >= 15 is 0 Å². The Bertz CT molecular complexity index is 3760. The Morgan fingerprint density at radius 2 is 1.10 bits per heavy atom. The summed E-state index contributed by atoms with van der Waals surface area (Å²) in [5.41, 5.74) is 17.2. The van der Waals surface area contributed by atoms with Crippen molar-refractivity contribution >= 4 is 54.4 Å². The highest BCUT2D eigenvalue weighted by Crippen LogP contribution is 2.57. The van der Waals surface area contributed by atoms with E-state index in [2.05, 4.69) is 199 Å². The summed E-state index contributed by atoms with van der Waals surface area (Å²) in [5, 5.41) is 6.69. The van der Waals surface area contributed by atoms with E-state index in [9.17, 15) is 0 Å². The van der Waals surface area contributed by atoms with Crippen molar-refractivity contribution in [2.45, 2.75) is 5.41 Å². The van der Waals surface area contributed by atoms with Crippen molar-refractivity contribution in [1.29, 1.82) is 0 Å². The Kier molecular flexibility index (Phi) is 7.79. The van der Waals surface area contributed by atoms with Gasteiger partial charge < -0.3 is 0 Å². The molecule has 4 heteroatoms. The van der Waals surface area contributed by atoms with Gasteiger partial charge in [-0.15, -0.1) is 0 Å². The number of benzene rings is 8. The van der Waals surface area contributed by atoms with Crippen molar-refractivity contribution in [2.24, 2.45) is 0 Å². The molecule has 0 amide bonds. The van der Waals surface area contributed by atoms with Crippen molar-refractivity contribution in [2.75, 3.05) is 0 Å². The van der Waals surface area contributed by atoms with E-state index in [1.807, 2.05) is 24.7 Å². The Balaban J connectivity index is 0.983. The third kappa shape index (κ3) is 5.35. The number of rotatable bonds is 5. The first-order chi connectivity index (χ1) is 31.2. The lowest BCUT2D eigenvalue weighted by molar-refractivity contribution is 0.769. The molecule has 4 nitrogen and oxygen atoms in total. The van der Waals surface area contributed by atoms with Gasteiger partial charge in [-0.05, 0) is 110 Å². The van der Waals surface area contributed by atoms with Crippen LogP contribution in [0.4, 0.5) is 0 Å². The van der Waals surface area contributed by atoms with E-state index in [1.54, 1.807) is 0 Å². The van der Waals surface area contributed by atoms with Crippen LogP contribution in [0.15, 0.2) is 219 Å². The predicted octanol–water partition coefficient (Wildman–Crippen LogP) is 14.4. The largest absolute Gasteiger partial charge is 0.256 e. The second-order valence-corrected chi connectivity index (χ2v) is 16.6. The second kappa shape index (κ2) is 13.8. The minimum absolute atomic E-state index is 0.494. The van der Waals surface area contributed by atoms with Crippen LogP contribution in [0.1, 0.15) is 22.3 Å². The first-order valence-corrected chi connectivity index (χ1v) is 21.4. The van der Waals surface area contributed by atoms with Crippen molar-refractivity contribution in [3.8, 4) is 44.6 Å². The molecule has 63 heavy (non-hydrogen) atoms. The molecule has 1 aliphatic carbocycles. The molecule has 0 radical (unpaired) electrons. The molecule has 0 aliphatic heterocycles. The number of pyridine rings is 4. The van der Waals surface area contributed by atoms with E-state index in [0.29, 0.717) is 0 Å². The fraction of sp³-hybridized carbons (Fsp3) is 0.0169. The summed E-state index contributed by atoms with van der Waals surface area (Å²) >= 11 is 0. The lowest BCUT2D eigenvalue weighted by atomic mass is 9.67. The van der Waals surface area contributed by atoms with Crippen LogP contribution in [0.5, 0.6) is 0 Å². The maximum absolute atomic E-state index is 5.46. The zero-order valence-electron chi connectivity index (χ0n) is 34.1. The highest BCUT2D eigenvalue weighted by molar-refractivity contribution is 6.14. The third-order valence-corrected chi connectivity index (χ3v) is 13.2. The topological polar surface area (TPSA) is 51.6 Å². The van der Waals surface area contributed by atoms with Gasteiger partial charge in [0.2, 0.25) is 0 Å². The fourth-order valence-corrected chi connectivity index (χ4v) is 10.4. The van der Waals surface area contributed by atoms with E-state index in [0.717, 1.165) is 82.5 Å². The fourth-order valence-electron chi connectivity index (χ4n) is 10.4. The number of aromatic nitrogens is 4. The highest BCUT2D eigenvalue weighted by atomic mass is 14.7. The Labute approximate surface area is 363 Å². The third-order valence-electron chi connectivity index (χ3n) is 13.2. The zero-order chi connectivity index (χ0) is 41.5. The standard InChI is InChI=1S/C59H36N4/c1-3-16-43(17-4-1)59(44-18-5-2-6-19-44)52-22-9-7-20-46(52)50-34-51-49(35-53(50)59)47-21-8-10-23-55(47)63-56(51)40-14-11-13-38(31-40)42-33-41-32-39(25-27-54(41)62-36-42)45-28-30-61-58-48(45)26-24-37-15-12-29-60-57(37)58/h1-36H. The molecule has 1 aliphatic rings. The van der Waals surface area contributed by atoms with Gasteiger partial charge in [0, 0.05) is 56.6 Å². The van der Waals surface area contributed by atoms with Crippen LogP contribution in [0.2, 0.25) is 0 Å². The number of nitrogens with zero attached hydrogens (tertiary/aromatic N) is 4. The molecule has 12 aromatic rings. The molecule has 0 N–H and O–H groups in total. The van der Waals surface area contributed by atoms with Gasteiger partial charge in [-0.25, -0.2) is 4.98 Å². The maximum Gasteiger partial charge on any atom is 0.0970 e. The first-order valence-electron chi connectivity index (χ1n) is 21.4. The molecule has 0 saturated heterocycles. The molecule has 0 fully saturated rings. The molecule has 13 rings (SSSR count). The van der Waals surface area contributed by atoms with Crippen molar-refractivity contribution in [3.63, 3.8) is 0 Å². The van der Waals surface area contributed by atoms with Gasteiger partial charge >= 0.3 is 0 Å². The van der Waals surface area contributed by atoms with Crippen LogP contribution in [-0.4, -0.2) is 19.9 Å². The van der Waals surface area contributed by atoms with Crippen LogP contribution in [0, 0.1) is 0 Å². The van der Waals surface area contributed by atoms with E-state index in [-0.39, 0.29) is 0 Å². The molecule has 4 aromatic heterocycles. The highest BCUT2D eigenvalue weighted by Gasteiger charge is 2.46. The average Bonchev–Trinajstić information content (AvgIpc) is 3.65. The molecule has 0 unspecified atom stereocenters. The van der Waals surface area contributed by atoms with Gasteiger partial charge in [-0.2, -0.15) is 0 Å². The quantitative estimate of drug-likeness (QED) is 0.163. The Morgan fingerprint density at radius 3 is 1.97 bits per heavy atom. The summed E-state index contributed by atoms with van der Waals surface area (Å²) in [5.74, 6) is 0. The SMILES string of the molecule is c1ccc(C2(c3ccccc3)c3ccccc3-c3cc4c(-c5cccc(-c6cnc7ccc(-c8ccnc9c8ccc8cccnc89)cc7c6)c5)nc5ccccc5c4cc32)cc1. The van der Waals surface area contributed by atoms with Gasteiger partial charge in [0.25, 0.3) is 0 Å². The van der Waals surface area contributed by atoms with Gasteiger partial charge in [0.05, 0.1) is 33.2 Å². The predicted molar refractivity (Wildman–Crippen MR) is 259 cm³/mol. The van der Waals surface area contributed by atoms with Crippen LogP contribution in [0.25, 0.3) is 99.0 Å². The molecule has 292 valence electrons. The van der Waals surface area contributed by atoms with E-state index in [1.165, 1.54) is 38.8 Å². The van der Waals surface area contributed by atoms with Gasteiger partial charge in [0.1, 0.15) is 0 Å². The number of hydrogen-bond acceptors (Lipinski definition) is 4. The van der Waals surface area contributed by atoms with E-state index < -0.39 is 5.41 Å². The minimum atomic E-state index is -0.494. The molecule has 0 bridgehead atoms. The normalized spacial score (nSPS) is 12.9. The number of hydrogen-bond donors (Lipinski definition) is 0. The molecular weight excluding hydrogens is 765 g/mol.